The van der Waals surface area contributed by atoms with E-state index in [4.69, 9.17) is 0 Å². The monoisotopic (exact) mass is 206 g/mol. The van der Waals surface area contributed by atoms with Crippen LogP contribution in [0.25, 0.3) is 0 Å². The summed E-state index contributed by atoms with van der Waals surface area (Å²) in [5.41, 5.74) is 0. The average molecular weight is 206 g/mol. The summed E-state index contributed by atoms with van der Waals surface area (Å²) in [6, 6.07) is 0. The Morgan fingerprint density at radius 2 is 0.643 bits per heavy atom. The van der Waals surface area contributed by atoms with E-state index in [0.717, 1.165) is 23.3 Å². The molecule has 0 nitrogen and oxygen atoms in total. The van der Waals surface area contributed by atoms with Crippen molar-refractivity contribution in [1.82, 2.24) is 0 Å². The van der Waals surface area contributed by atoms with Gasteiger partial charge in [-0.3, -0.25) is 0 Å². The van der Waals surface area contributed by atoms with E-state index >= 15 is 0 Å². The molecule has 14 heavy (non-hydrogen) atoms. The van der Waals surface area contributed by atoms with E-state index in [2.05, 4.69) is 55.4 Å². The minimum atomic E-state index is -0.222. The second-order valence-electron chi connectivity index (χ2n) is 6.13. The van der Waals surface area contributed by atoms with Crippen molar-refractivity contribution in [1.29, 1.82) is 0 Å². The smallest absolute Gasteiger partial charge is 0.171 e. The summed E-state index contributed by atoms with van der Waals surface area (Å²) >= 11 is 0. The molecule has 0 rings (SSSR count). The van der Waals surface area contributed by atoms with Crippen LogP contribution < -0.4 is 29.6 Å². The van der Waals surface area contributed by atoms with Crippen molar-refractivity contribution in [2.75, 3.05) is 0 Å². The summed E-state index contributed by atoms with van der Waals surface area (Å²) in [6.07, 6.45) is -0.222. The van der Waals surface area contributed by atoms with Crippen LogP contribution in [0.3, 0.4) is 0 Å². The number of hydrogen-bond donors (Lipinski definition) is 0. The molecule has 0 radical (unpaired) electrons. The zero-order valence-corrected chi connectivity index (χ0v) is 13.9. The second kappa shape index (κ2) is 6.61. The molecule has 0 aliphatic heterocycles. The van der Waals surface area contributed by atoms with Gasteiger partial charge in [-0.2, -0.15) is 23.3 Å². The molecule has 0 aliphatic carbocycles. The molecule has 80 valence electrons. The van der Waals surface area contributed by atoms with Crippen molar-refractivity contribution in [3.8, 4) is 0 Å². The maximum absolute atomic E-state index is 2.40. The van der Waals surface area contributed by atoms with Gasteiger partial charge in [-0.25, -0.2) is 0 Å². The fraction of sp³-hybridized carbons (Fsp3) is 1.00. The third-order valence-electron chi connectivity index (χ3n) is 4.62. The van der Waals surface area contributed by atoms with E-state index < -0.39 is 0 Å². The largest absolute Gasteiger partial charge is 1.00 e. The zero-order valence-electron chi connectivity index (χ0n) is 11.9. The molecule has 0 fully saturated rings. The Bertz CT molecular complexity index is 113. The molecule has 0 unspecified atom stereocenters. The summed E-state index contributed by atoms with van der Waals surface area (Å²) in [5.74, 6) is 3.33. The first-order chi connectivity index (χ1) is 5.77. The van der Waals surface area contributed by atoms with E-state index in [1.807, 2.05) is 0 Å². The minimum Gasteiger partial charge on any atom is -0.171 e. The first kappa shape index (κ1) is 17.5. The van der Waals surface area contributed by atoms with Crippen LogP contribution in [0.4, 0.5) is 0 Å². The maximum atomic E-state index is 2.40. The topological polar surface area (TPSA) is 0 Å². The van der Waals surface area contributed by atoms with Crippen LogP contribution in [0.15, 0.2) is 0 Å². The molecule has 0 aromatic carbocycles. The van der Waals surface area contributed by atoms with Gasteiger partial charge >= 0.3 is 29.6 Å². The number of hydrogen-bond acceptors (Lipinski definition) is 0. The van der Waals surface area contributed by atoms with Gasteiger partial charge in [0.1, 0.15) is 0 Å². The van der Waals surface area contributed by atoms with Crippen LogP contribution in [0.1, 0.15) is 55.4 Å². The van der Waals surface area contributed by atoms with Gasteiger partial charge in [0.15, 0.2) is 0 Å². The normalized spacial score (nSPS) is 12.9. The zero-order chi connectivity index (χ0) is 10.8. The Balaban J connectivity index is 0. The van der Waals surface area contributed by atoms with Gasteiger partial charge in [0, 0.05) is 6.15 Å². The fourth-order valence-electron chi connectivity index (χ4n) is 4.62. The molecule has 0 aromatic rings. The molecule has 0 amide bonds. The minimum absolute atomic E-state index is 0. The summed E-state index contributed by atoms with van der Waals surface area (Å²) < 4.78 is 0. The van der Waals surface area contributed by atoms with E-state index in [0.29, 0.717) is 0 Å². The van der Waals surface area contributed by atoms with Gasteiger partial charge in [0.05, 0.1) is 0 Å². The van der Waals surface area contributed by atoms with Gasteiger partial charge in [-0.1, -0.05) is 55.4 Å². The van der Waals surface area contributed by atoms with Gasteiger partial charge in [-0.15, -0.1) is 0 Å². The summed E-state index contributed by atoms with van der Waals surface area (Å²) in [4.78, 5) is 0. The van der Waals surface area contributed by atoms with Gasteiger partial charge < -0.3 is 0 Å². The summed E-state index contributed by atoms with van der Waals surface area (Å²) in [6.45, 7) is 19.2. The molecule has 0 aromatic heterocycles. The van der Waals surface area contributed by atoms with Crippen LogP contribution in [0.2, 0.25) is 23.3 Å². The fourth-order valence-corrected chi connectivity index (χ4v) is 4.62. The van der Waals surface area contributed by atoms with E-state index in [1.54, 1.807) is 0 Å². The summed E-state index contributed by atoms with van der Waals surface area (Å²) in [5, 5.41) is 0. The average Bonchev–Trinajstić information content (AvgIpc) is 1.82. The van der Waals surface area contributed by atoms with Crippen LogP contribution in [0.5, 0.6) is 0 Å². The standard InChI is InChI=1S/C12H28B.Na/c1-9(2)13(10(3)4,11(5)6)12(7)8;/h9-12H,1-8H3;/q-1;+1. The van der Waals surface area contributed by atoms with Gasteiger partial charge in [0.25, 0.3) is 0 Å². The first-order valence-electron chi connectivity index (χ1n) is 5.95. The molecular formula is C12H28BNa. The van der Waals surface area contributed by atoms with Crippen LogP contribution in [-0.4, -0.2) is 6.15 Å². The second-order valence-corrected chi connectivity index (χ2v) is 6.13. The van der Waals surface area contributed by atoms with Crippen LogP contribution in [0, 0.1) is 0 Å². The molecule has 0 bridgehead atoms. The molecular weight excluding hydrogens is 178 g/mol. The molecule has 0 saturated carbocycles. The number of rotatable bonds is 4. The van der Waals surface area contributed by atoms with Crippen molar-refractivity contribution in [2.45, 2.75) is 78.7 Å². The molecule has 0 spiro atoms. The molecule has 0 saturated heterocycles. The Labute approximate surface area is 114 Å². The van der Waals surface area contributed by atoms with E-state index in [9.17, 15) is 0 Å². The van der Waals surface area contributed by atoms with Crippen molar-refractivity contribution >= 4 is 6.15 Å². The third kappa shape index (κ3) is 3.03. The third-order valence-corrected chi connectivity index (χ3v) is 4.62. The van der Waals surface area contributed by atoms with Crippen LogP contribution in [-0.2, 0) is 0 Å². The molecule has 0 heterocycles. The maximum Gasteiger partial charge on any atom is 1.00 e. The van der Waals surface area contributed by atoms with Gasteiger partial charge in [-0.05, 0) is 0 Å². The molecule has 0 aliphatic rings. The Kier molecular flexibility index (Phi) is 8.24. The first-order valence-corrected chi connectivity index (χ1v) is 5.95. The van der Waals surface area contributed by atoms with Gasteiger partial charge in [0.2, 0.25) is 0 Å². The Morgan fingerprint density at radius 1 is 0.500 bits per heavy atom. The van der Waals surface area contributed by atoms with Crippen molar-refractivity contribution < 1.29 is 29.6 Å². The van der Waals surface area contributed by atoms with Crippen molar-refractivity contribution in [3.63, 3.8) is 0 Å². The van der Waals surface area contributed by atoms with E-state index in [1.165, 1.54) is 0 Å². The predicted octanol–water partition coefficient (Wildman–Crippen LogP) is 2.08. The van der Waals surface area contributed by atoms with E-state index in [-0.39, 0.29) is 35.7 Å². The SMILES string of the molecule is CC(C)[B-](C(C)C)(C(C)C)C(C)C.[Na+]. The molecule has 0 N–H and O–H groups in total. The van der Waals surface area contributed by atoms with Crippen molar-refractivity contribution in [2.24, 2.45) is 0 Å². The van der Waals surface area contributed by atoms with Crippen molar-refractivity contribution in [3.05, 3.63) is 0 Å². The predicted molar refractivity (Wildman–Crippen MR) is 66.1 cm³/mol. The van der Waals surface area contributed by atoms with Crippen LogP contribution >= 0.6 is 0 Å². The quantitative estimate of drug-likeness (QED) is 0.618. The summed E-state index contributed by atoms with van der Waals surface area (Å²) in [7, 11) is 0. The Hall–Kier alpha value is 1.06. The Morgan fingerprint density at radius 3 is 0.643 bits per heavy atom. The molecule has 2 heteroatoms. The molecule has 0 atom stereocenters.